The fourth-order valence-corrected chi connectivity index (χ4v) is 2.99. The van der Waals surface area contributed by atoms with Crippen LogP contribution in [-0.2, 0) is 6.42 Å². The SMILES string of the molecule is COc1ccc(CC2CCN(CC(C)(C)O)CC2)cc1. The van der Waals surface area contributed by atoms with E-state index in [9.17, 15) is 5.11 Å². The predicted octanol–water partition coefficient (Wildman–Crippen LogP) is 2.72. The van der Waals surface area contributed by atoms with Gasteiger partial charge < -0.3 is 14.7 Å². The van der Waals surface area contributed by atoms with Gasteiger partial charge in [-0.2, -0.15) is 0 Å². The van der Waals surface area contributed by atoms with Gasteiger partial charge >= 0.3 is 0 Å². The van der Waals surface area contributed by atoms with E-state index in [0.717, 1.165) is 37.7 Å². The molecule has 1 aliphatic heterocycles. The van der Waals surface area contributed by atoms with Crippen LogP contribution in [0.1, 0.15) is 32.3 Å². The zero-order valence-corrected chi connectivity index (χ0v) is 12.9. The van der Waals surface area contributed by atoms with Crippen LogP contribution < -0.4 is 4.74 Å². The summed E-state index contributed by atoms with van der Waals surface area (Å²) in [6.07, 6.45) is 3.60. The molecule has 3 heteroatoms. The molecule has 1 saturated heterocycles. The molecular formula is C17H27NO2. The van der Waals surface area contributed by atoms with Crippen LogP contribution in [0.5, 0.6) is 5.75 Å². The third-order valence-electron chi connectivity index (χ3n) is 4.00. The van der Waals surface area contributed by atoms with Crippen molar-refractivity contribution in [3.8, 4) is 5.75 Å². The molecule has 1 heterocycles. The minimum absolute atomic E-state index is 0.581. The van der Waals surface area contributed by atoms with E-state index in [1.807, 2.05) is 26.0 Å². The van der Waals surface area contributed by atoms with Gasteiger partial charge in [0.05, 0.1) is 12.7 Å². The van der Waals surface area contributed by atoms with E-state index in [1.54, 1.807) is 7.11 Å². The summed E-state index contributed by atoms with van der Waals surface area (Å²) in [5, 5.41) is 9.87. The molecule has 0 aliphatic carbocycles. The summed E-state index contributed by atoms with van der Waals surface area (Å²) in [6, 6.07) is 8.42. The van der Waals surface area contributed by atoms with Gasteiger partial charge in [0, 0.05) is 6.54 Å². The molecule has 0 saturated carbocycles. The molecule has 1 aromatic rings. The molecule has 0 atom stereocenters. The molecule has 3 nitrogen and oxygen atoms in total. The molecule has 1 N–H and O–H groups in total. The summed E-state index contributed by atoms with van der Waals surface area (Å²) >= 11 is 0. The maximum absolute atomic E-state index is 9.87. The number of ether oxygens (including phenoxy) is 1. The van der Waals surface area contributed by atoms with Gasteiger partial charge in [0.25, 0.3) is 0 Å². The topological polar surface area (TPSA) is 32.7 Å². The van der Waals surface area contributed by atoms with Crippen molar-refractivity contribution in [2.75, 3.05) is 26.7 Å². The van der Waals surface area contributed by atoms with Crippen molar-refractivity contribution in [1.29, 1.82) is 0 Å². The predicted molar refractivity (Wildman–Crippen MR) is 82.2 cm³/mol. The summed E-state index contributed by atoms with van der Waals surface area (Å²) in [6.45, 7) is 6.75. The largest absolute Gasteiger partial charge is 0.497 e. The molecule has 0 bridgehead atoms. The quantitative estimate of drug-likeness (QED) is 0.898. The first kappa shape index (κ1) is 15.3. The highest BCUT2D eigenvalue weighted by Crippen LogP contribution is 2.23. The molecule has 0 radical (unpaired) electrons. The van der Waals surface area contributed by atoms with Gasteiger partial charge in [-0.05, 0) is 69.8 Å². The highest BCUT2D eigenvalue weighted by Gasteiger charge is 2.23. The number of likely N-dealkylation sites (tertiary alicyclic amines) is 1. The molecule has 20 heavy (non-hydrogen) atoms. The molecule has 1 fully saturated rings. The van der Waals surface area contributed by atoms with Crippen LogP contribution in [0.15, 0.2) is 24.3 Å². The lowest BCUT2D eigenvalue weighted by Gasteiger charge is -2.35. The van der Waals surface area contributed by atoms with E-state index in [0.29, 0.717) is 0 Å². The lowest BCUT2D eigenvalue weighted by molar-refractivity contribution is 0.0245. The van der Waals surface area contributed by atoms with Crippen LogP contribution in [0, 0.1) is 5.92 Å². The van der Waals surface area contributed by atoms with Crippen molar-refractivity contribution >= 4 is 0 Å². The van der Waals surface area contributed by atoms with Crippen molar-refractivity contribution in [2.24, 2.45) is 5.92 Å². The van der Waals surface area contributed by atoms with E-state index < -0.39 is 5.60 Å². The van der Waals surface area contributed by atoms with Gasteiger partial charge in [0.1, 0.15) is 5.75 Å². The van der Waals surface area contributed by atoms with E-state index in [2.05, 4.69) is 17.0 Å². The van der Waals surface area contributed by atoms with Crippen LogP contribution in [0.4, 0.5) is 0 Å². The minimum atomic E-state index is -0.581. The number of piperidine rings is 1. The Morgan fingerprint density at radius 2 is 1.80 bits per heavy atom. The van der Waals surface area contributed by atoms with Gasteiger partial charge in [-0.3, -0.25) is 0 Å². The Balaban J connectivity index is 1.79. The van der Waals surface area contributed by atoms with Crippen LogP contribution in [0.25, 0.3) is 0 Å². The highest BCUT2D eigenvalue weighted by atomic mass is 16.5. The average Bonchev–Trinajstić information content (AvgIpc) is 2.40. The highest BCUT2D eigenvalue weighted by molar-refractivity contribution is 5.27. The molecule has 0 unspecified atom stereocenters. The number of aliphatic hydroxyl groups is 1. The molecule has 0 aromatic heterocycles. The van der Waals surface area contributed by atoms with Crippen LogP contribution in [-0.4, -0.2) is 42.4 Å². The molecule has 2 rings (SSSR count). The van der Waals surface area contributed by atoms with E-state index in [-0.39, 0.29) is 0 Å². The second-order valence-corrected chi connectivity index (χ2v) is 6.58. The maximum Gasteiger partial charge on any atom is 0.118 e. The van der Waals surface area contributed by atoms with Gasteiger partial charge in [0.2, 0.25) is 0 Å². The first-order valence-corrected chi connectivity index (χ1v) is 7.54. The summed E-state index contributed by atoms with van der Waals surface area (Å²) in [4.78, 5) is 2.38. The number of nitrogens with zero attached hydrogens (tertiary/aromatic N) is 1. The standard InChI is InChI=1S/C17H27NO2/c1-17(2,19)13-18-10-8-15(9-11-18)12-14-4-6-16(20-3)7-5-14/h4-7,15,19H,8-13H2,1-3H3. The zero-order valence-electron chi connectivity index (χ0n) is 12.9. The third kappa shape index (κ3) is 4.80. The minimum Gasteiger partial charge on any atom is -0.497 e. The van der Waals surface area contributed by atoms with Gasteiger partial charge in [0.15, 0.2) is 0 Å². The van der Waals surface area contributed by atoms with Crippen molar-refractivity contribution in [3.05, 3.63) is 29.8 Å². The fraction of sp³-hybridized carbons (Fsp3) is 0.647. The van der Waals surface area contributed by atoms with Gasteiger partial charge in [-0.1, -0.05) is 12.1 Å². The summed E-state index contributed by atoms with van der Waals surface area (Å²) < 4.78 is 5.19. The number of β-amino-alcohol motifs (C(OH)–C–C–N with tert-alkyl or cyclic N) is 1. The average molecular weight is 277 g/mol. The van der Waals surface area contributed by atoms with E-state index >= 15 is 0 Å². The first-order valence-electron chi connectivity index (χ1n) is 7.54. The molecular weight excluding hydrogens is 250 g/mol. The number of hydrogen-bond acceptors (Lipinski definition) is 3. The maximum atomic E-state index is 9.87. The van der Waals surface area contributed by atoms with Crippen molar-refractivity contribution < 1.29 is 9.84 Å². The lowest BCUT2D eigenvalue weighted by atomic mass is 9.89. The Bertz CT molecular complexity index is 400. The molecule has 112 valence electrons. The normalized spacial score (nSPS) is 18.2. The smallest absolute Gasteiger partial charge is 0.118 e. The zero-order chi connectivity index (χ0) is 14.6. The van der Waals surface area contributed by atoms with Crippen molar-refractivity contribution in [2.45, 2.75) is 38.7 Å². The fourth-order valence-electron chi connectivity index (χ4n) is 2.99. The van der Waals surface area contributed by atoms with Crippen LogP contribution >= 0.6 is 0 Å². The molecule has 0 amide bonds. The van der Waals surface area contributed by atoms with Crippen molar-refractivity contribution in [1.82, 2.24) is 4.90 Å². The second kappa shape index (κ2) is 6.59. The lowest BCUT2D eigenvalue weighted by Crippen LogP contribution is -2.43. The molecule has 1 aliphatic rings. The molecule has 1 aromatic carbocycles. The van der Waals surface area contributed by atoms with Gasteiger partial charge in [-0.25, -0.2) is 0 Å². The number of rotatable bonds is 5. The number of methoxy groups -OCH3 is 1. The third-order valence-corrected chi connectivity index (χ3v) is 4.00. The van der Waals surface area contributed by atoms with Crippen molar-refractivity contribution in [3.63, 3.8) is 0 Å². The Labute approximate surface area is 122 Å². The molecule has 0 spiro atoms. The van der Waals surface area contributed by atoms with Gasteiger partial charge in [-0.15, -0.1) is 0 Å². The second-order valence-electron chi connectivity index (χ2n) is 6.58. The first-order chi connectivity index (χ1) is 9.46. The summed E-state index contributed by atoms with van der Waals surface area (Å²) in [5.74, 6) is 1.69. The monoisotopic (exact) mass is 277 g/mol. The van der Waals surface area contributed by atoms with Crippen LogP contribution in [0.3, 0.4) is 0 Å². The Morgan fingerprint density at radius 3 is 2.30 bits per heavy atom. The Morgan fingerprint density at radius 1 is 1.20 bits per heavy atom. The van der Waals surface area contributed by atoms with E-state index in [1.165, 1.54) is 18.4 Å². The van der Waals surface area contributed by atoms with E-state index in [4.69, 9.17) is 4.74 Å². The van der Waals surface area contributed by atoms with Crippen LogP contribution in [0.2, 0.25) is 0 Å². The summed E-state index contributed by atoms with van der Waals surface area (Å²) in [5.41, 5.74) is 0.815. The Kier molecular flexibility index (Phi) is 5.06. The Hall–Kier alpha value is -1.06. The number of hydrogen-bond donors (Lipinski definition) is 1. The number of benzene rings is 1. The summed E-state index contributed by atoms with van der Waals surface area (Å²) in [7, 11) is 1.70.